The molecule has 0 radical (unpaired) electrons. The standard InChI is InChI=1S/C42H51NO2/c1-26-29-9-6-7-11-35(29)43-25-31(26)27-12-14-28(15-13-27)32-18-22-41(5)36(39(32,2)3)20-23-40(4)33-19-24-42(38(44)45)21-8-10-34(42)30(33)16-17-37(40)41/h6-7,9,11-15,18,25,30,33-34,36-37H,8,10,16-17,19-24H2,1-5H3,(H,44,45). The summed E-state index contributed by atoms with van der Waals surface area (Å²) in [7, 11) is 0. The van der Waals surface area contributed by atoms with E-state index in [0.717, 1.165) is 44.0 Å². The molecule has 1 aromatic heterocycles. The van der Waals surface area contributed by atoms with E-state index < -0.39 is 11.4 Å². The van der Waals surface area contributed by atoms with E-state index in [1.165, 1.54) is 58.9 Å². The zero-order chi connectivity index (χ0) is 31.4. The van der Waals surface area contributed by atoms with Crippen LogP contribution in [0.25, 0.3) is 27.6 Å². The molecule has 2 aromatic carbocycles. The third kappa shape index (κ3) is 4.01. The van der Waals surface area contributed by atoms with Gasteiger partial charge >= 0.3 is 5.97 Å². The highest BCUT2D eigenvalue weighted by molar-refractivity contribution is 5.88. The second kappa shape index (κ2) is 10.0. The fourth-order valence-electron chi connectivity index (χ4n) is 13.1. The summed E-state index contributed by atoms with van der Waals surface area (Å²) in [6.07, 6.45) is 16.1. The Labute approximate surface area is 269 Å². The number of aromatic nitrogens is 1. The van der Waals surface area contributed by atoms with Gasteiger partial charge in [-0.2, -0.15) is 0 Å². The molecule has 236 valence electrons. The van der Waals surface area contributed by atoms with Gasteiger partial charge < -0.3 is 5.11 Å². The Hall–Kier alpha value is -2.94. The largest absolute Gasteiger partial charge is 0.481 e. The highest BCUT2D eigenvalue weighted by Crippen LogP contribution is 2.73. The van der Waals surface area contributed by atoms with E-state index in [1.54, 1.807) is 0 Å². The number of fused-ring (bicyclic) bond motifs is 8. The molecule has 0 saturated heterocycles. The summed E-state index contributed by atoms with van der Waals surface area (Å²) < 4.78 is 0. The Morgan fingerprint density at radius 3 is 2.33 bits per heavy atom. The second-order valence-corrected chi connectivity index (χ2v) is 16.9. The van der Waals surface area contributed by atoms with E-state index in [9.17, 15) is 9.90 Å². The third-order valence-electron chi connectivity index (χ3n) is 15.1. The van der Waals surface area contributed by atoms with Crippen molar-refractivity contribution in [3.05, 3.63) is 71.9 Å². The molecule has 3 heteroatoms. The zero-order valence-corrected chi connectivity index (χ0v) is 28.0. The lowest BCUT2D eigenvalue weighted by Gasteiger charge is -2.68. The minimum absolute atomic E-state index is 0.101. The summed E-state index contributed by atoms with van der Waals surface area (Å²) in [5.41, 5.74) is 7.99. The average molecular weight is 602 g/mol. The first-order chi connectivity index (χ1) is 21.5. The van der Waals surface area contributed by atoms with E-state index in [2.05, 4.69) is 89.2 Å². The van der Waals surface area contributed by atoms with Crippen LogP contribution in [0.2, 0.25) is 0 Å². The maximum absolute atomic E-state index is 12.6. The molecule has 45 heavy (non-hydrogen) atoms. The number of carboxylic acids is 1. The number of aliphatic carboxylic acids is 1. The number of para-hydroxylation sites is 1. The van der Waals surface area contributed by atoms with Crippen molar-refractivity contribution in [1.82, 2.24) is 4.98 Å². The van der Waals surface area contributed by atoms with Crippen LogP contribution in [0, 0.1) is 58.2 Å². The van der Waals surface area contributed by atoms with Crippen LogP contribution in [-0.2, 0) is 4.79 Å². The molecule has 0 aliphatic heterocycles. The predicted octanol–water partition coefficient (Wildman–Crippen LogP) is 10.8. The number of rotatable bonds is 3. The molecule has 5 aliphatic carbocycles. The highest BCUT2D eigenvalue weighted by atomic mass is 16.4. The van der Waals surface area contributed by atoms with Crippen molar-refractivity contribution < 1.29 is 9.90 Å². The molecule has 8 rings (SSSR count). The van der Waals surface area contributed by atoms with Crippen LogP contribution in [0.4, 0.5) is 0 Å². The fraction of sp³-hybridized carbons (Fsp3) is 0.571. The third-order valence-corrected chi connectivity index (χ3v) is 15.1. The summed E-state index contributed by atoms with van der Waals surface area (Å²) in [6, 6.07) is 17.8. The smallest absolute Gasteiger partial charge is 0.309 e. The van der Waals surface area contributed by atoms with E-state index >= 15 is 0 Å². The van der Waals surface area contributed by atoms with Crippen LogP contribution < -0.4 is 0 Å². The lowest BCUT2D eigenvalue weighted by molar-refractivity contribution is -0.187. The quantitative estimate of drug-likeness (QED) is 0.325. The van der Waals surface area contributed by atoms with Crippen molar-refractivity contribution in [3.63, 3.8) is 0 Å². The Balaban J connectivity index is 1.08. The van der Waals surface area contributed by atoms with Crippen LogP contribution in [0.5, 0.6) is 0 Å². The van der Waals surface area contributed by atoms with Crippen LogP contribution in [0.15, 0.2) is 60.8 Å². The summed E-state index contributed by atoms with van der Waals surface area (Å²) in [4.78, 5) is 17.4. The molecule has 3 aromatic rings. The number of aryl methyl sites for hydroxylation is 1. The monoisotopic (exact) mass is 601 g/mol. The molecule has 8 atom stereocenters. The van der Waals surface area contributed by atoms with Crippen LogP contribution in [0.1, 0.15) is 103 Å². The van der Waals surface area contributed by atoms with E-state index in [4.69, 9.17) is 4.98 Å². The van der Waals surface area contributed by atoms with Gasteiger partial charge in [-0.05, 0) is 139 Å². The number of carboxylic acid groups (broad SMARTS) is 1. The second-order valence-electron chi connectivity index (χ2n) is 16.9. The zero-order valence-electron chi connectivity index (χ0n) is 28.0. The van der Waals surface area contributed by atoms with Gasteiger partial charge in [0.05, 0.1) is 10.9 Å². The van der Waals surface area contributed by atoms with Gasteiger partial charge in [0.2, 0.25) is 0 Å². The van der Waals surface area contributed by atoms with Crippen molar-refractivity contribution in [2.45, 2.75) is 98.8 Å². The molecule has 3 nitrogen and oxygen atoms in total. The van der Waals surface area contributed by atoms with Crippen LogP contribution >= 0.6 is 0 Å². The SMILES string of the molecule is Cc1c(-c2ccc(C3=CCC4(C)C(CCC5(C)C6CCC7(C(=O)O)CCCC7C6CCC54)C3(C)C)cc2)cnc2ccccc12. The summed E-state index contributed by atoms with van der Waals surface area (Å²) >= 11 is 0. The van der Waals surface area contributed by atoms with Crippen molar-refractivity contribution in [2.24, 2.45) is 51.2 Å². The minimum Gasteiger partial charge on any atom is -0.481 e. The van der Waals surface area contributed by atoms with Crippen LogP contribution in [0.3, 0.4) is 0 Å². The van der Waals surface area contributed by atoms with Gasteiger partial charge in [0.25, 0.3) is 0 Å². The summed E-state index contributed by atoms with van der Waals surface area (Å²) in [6.45, 7) is 12.6. The van der Waals surface area contributed by atoms with E-state index in [0.29, 0.717) is 35.0 Å². The molecule has 0 spiro atoms. The number of benzene rings is 2. The number of carbonyl (C=O) groups is 1. The Bertz CT molecular complexity index is 1700. The number of pyridine rings is 1. The lowest BCUT2D eigenvalue weighted by atomic mass is 9.36. The van der Waals surface area contributed by atoms with E-state index in [-0.39, 0.29) is 10.8 Å². The van der Waals surface area contributed by atoms with Crippen molar-refractivity contribution in [2.75, 3.05) is 0 Å². The molecule has 4 fully saturated rings. The fourth-order valence-corrected chi connectivity index (χ4v) is 13.1. The number of hydrogen-bond acceptors (Lipinski definition) is 2. The van der Waals surface area contributed by atoms with Gasteiger partial charge in [-0.15, -0.1) is 0 Å². The minimum atomic E-state index is -0.491. The van der Waals surface area contributed by atoms with Gasteiger partial charge in [0, 0.05) is 17.1 Å². The number of allylic oxidation sites excluding steroid dienone is 2. The maximum Gasteiger partial charge on any atom is 0.309 e. The summed E-state index contributed by atoms with van der Waals surface area (Å²) in [5.74, 6) is 2.59. The molecular weight excluding hydrogens is 550 g/mol. The predicted molar refractivity (Wildman–Crippen MR) is 184 cm³/mol. The Morgan fingerprint density at radius 1 is 0.800 bits per heavy atom. The van der Waals surface area contributed by atoms with Gasteiger partial charge in [-0.3, -0.25) is 9.78 Å². The van der Waals surface area contributed by atoms with Gasteiger partial charge in [-0.25, -0.2) is 0 Å². The Kier molecular flexibility index (Phi) is 6.57. The molecular formula is C42H51NO2. The molecule has 1 heterocycles. The van der Waals surface area contributed by atoms with Crippen LogP contribution in [-0.4, -0.2) is 16.1 Å². The molecule has 0 bridgehead atoms. The first kappa shape index (κ1) is 29.5. The number of hydrogen-bond donors (Lipinski definition) is 1. The normalized spacial score (nSPS) is 38.4. The van der Waals surface area contributed by atoms with Crippen molar-refractivity contribution >= 4 is 22.4 Å². The first-order valence-corrected chi connectivity index (χ1v) is 17.9. The lowest BCUT2D eigenvalue weighted by Crippen LogP contribution is -2.61. The topological polar surface area (TPSA) is 50.2 Å². The van der Waals surface area contributed by atoms with Gasteiger partial charge in [-0.1, -0.05) is 82.7 Å². The summed E-state index contributed by atoms with van der Waals surface area (Å²) in [5, 5.41) is 11.6. The number of nitrogens with zero attached hydrogens (tertiary/aromatic N) is 1. The molecule has 8 unspecified atom stereocenters. The van der Waals surface area contributed by atoms with Crippen molar-refractivity contribution in [3.8, 4) is 11.1 Å². The van der Waals surface area contributed by atoms with E-state index in [1.807, 2.05) is 6.20 Å². The average Bonchev–Trinajstić information content (AvgIpc) is 3.48. The molecule has 1 N–H and O–H groups in total. The Morgan fingerprint density at radius 2 is 1.56 bits per heavy atom. The first-order valence-electron chi connectivity index (χ1n) is 17.9. The maximum atomic E-state index is 12.6. The van der Waals surface area contributed by atoms with Gasteiger partial charge in [0.1, 0.15) is 0 Å². The van der Waals surface area contributed by atoms with Crippen molar-refractivity contribution in [1.29, 1.82) is 0 Å². The molecule has 4 saturated carbocycles. The molecule has 5 aliphatic rings. The molecule has 0 amide bonds. The highest BCUT2D eigenvalue weighted by Gasteiger charge is 2.66. The van der Waals surface area contributed by atoms with Gasteiger partial charge in [0.15, 0.2) is 0 Å².